The van der Waals surface area contributed by atoms with Crippen molar-refractivity contribution in [3.05, 3.63) is 81.1 Å². The fraction of sp³-hybridized carbons (Fsp3) is 0.394. The quantitative estimate of drug-likeness (QED) is 0.173. The van der Waals surface area contributed by atoms with Crippen molar-refractivity contribution >= 4 is 47.1 Å². The number of allylic oxidation sites excluding steroid dienone is 1. The van der Waals surface area contributed by atoms with E-state index in [1.54, 1.807) is 6.07 Å². The van der Waals surface area contributed by atoms with Gasteiger partial charge in [-0.1, -0.05) is 61.4 Å². The van der Waals surface area contributed by atoms with Crippen LogP contribution in [0.1, 0.15) is 49.5 Å². The lowest BCUT2D eigenvalue weighted by molar-refractivity contribution is -0.140. The Hall–Kier alpha value is -3.24. The Balaban J connectivity index is 1.27. The van der Waals surface area contributed by atoms with Crippen molar-refractivity contribution in [1.82, 2.24) is 4.90 Å². The summed E-state index contributed by atoms with van der Waals surface area (Å²) in [6.45, 7) is 2.20. The molecule has 0 radical (unpaired) electrons. The third-order valence-electron chi connectivity index (χ3n) is 9.08. The van der Waals surface area contributed by atoms with Gasteiger partial charge in [-0.3, -0.25) is 14.5 Å². The highest BCUT2D eigenvalue weighted by atomic mass is 32.1. The summed E-state index contributed by atoms with van der Waals surface area (Å²) in [5, 5.41) is 35.3. The third-order valence-corrected chi connectivity index (χ3v) is 9.94. The number of aliphatic hydroxyl groups excluding tert-OH is 1. The van der Waals surface area contributed by atoms with E-state index in [-0.39, 0.29) is 43.0 Å². The molecule has 2 aliphatic heterocycles. The molecule has 2 amide bonds. The van der Waals surface area contributed by atoms with E-state index >= 15 is 0 Å². The first kappa shape index (κ1) is 28.9. The van der Waals surface area contributed by atoms with E-state index in [9.17, 15) is 24.8 Å². The highest BCUT2D eigenvalue weighted by Crippen LogP contribution is 2.51. The molecule has 1 aliphatic carbocycles. The number of benzene rings is 2. The van der Waals surface area contributed by atoms with Gasteiger partial charge in [-0.05, 0) is 77.5 Å². The molecule has 3 aliphatic rings. The number of fused-ring (bicyclic) bond motifs is 4. The summed E-state index contributed by atoms with van der Waals surface area (Å²) < 4.78 is 6.09. The van der Waals surface area contributed by atoms with Crippen LogP contribution in [-0.4, -0.2) is 51.8 Å². The summed E-state index contributed by atoms with van der Waals surface area (Å²) in [5.41, 5.74) is 3.92. The number of hydrogen-bond donors (Lipinski definition) is 3. The molecule has 6 rings (SSSR count). The van der Waals surface area contributed by atoms with Crippen LogP contribution in [0.5, 0.6) is 5.75 Å². The highest BCUT2D eigenvalue weighted by molar-refractivity contribution is 7.09. The molecule has 3 aromatic rings. The van der Waals surface area contributed by atoms with Crippen LogP contribution >= 0.6 is 11.3 Å². The van der Waals surface area contributed by atoms with Gasteiger partial charge in [-0.2, -0.15) is 0 Å². The number of aromatic hydroxyl groups is 1. The molecule has 0 unspecified atom stereocenters. The van der Waals surface area contributed by atoms with Crippen molar-refractivity contribution in [3.63, 3.8) is 0 Å². The Morgan fingerprint density at radius 1 is 1.07 bits per heavy atom. The van der Waals surface area contributed by atoms with E-state index in [1.807, 2.05) is 47.8 Å². The number of imide groups is 1. The fourth-order valence-corrected chi connectivity index (χ4v) is 7.94. The number of hydrogen-bond acceptors (Lipinski definition) is 7. The van der Waals surface area contributed by atoms with Crippen molar-refractivity contribution in [2.75, 3.05) is 6.61 Å². The maximum atomic E-state index is 13.7. The number of nitrogens with zero attached hydrogens (tertiary/aromatic N) is 1. The second kappa shape index (κ2) is 12.2. The van der Waals surface area contributed by atoms with Crippen LogP contribution in [0.25, 0.3) is 16.8 Å². The van der Waals surface area contributed by atoms with Crippen molar-refractivity contribution in [3.8, 4) is 5.75 Å². The Kier molecular flexibility index (Phi) is 8.36. The van der Waals surface area contributed by atoms with Crippen molar-refractivity contribution in [2.45, 2.75) is 58.0 Å². The van der Waals surface area contributed by atoms with Crippen LogP contribution in [0, 0.1) is 17.8 Å². The summed E-state index contributed by atoms with van der Waals surface area (Å²) in [5.74, 6) is -1.52. The predicted molar refractivity (Wildman–Crippen MR) is 164 cm³/mol. The molecule has 4 atom stereocenters. The SMILES string of the molecule is CCC/C(=C\c1ccc(O)c2ccccc12)CC[C@H]1OB(O)C[C@H]2C1=C(CO)C[C@H]1C(=O)N(Cc3cccs3)C(=O)[C@H]12. The van der Waals surface area contributed by atoms with Crippen molar-refractivity contribution in [1.29, 1.82) is 0 Å². The topological polar surface area (TPSA) is 107 Å². The predicted octanol–water partition coefficient (Wildman–Crippen LogP) is 5.56. The number of phenolic OH excluding ortho intramolecular Hbond substituents is 1. The Bertz CT molecular complexity index is 1550. The second-order valence-corrected chi connectivity index (χ2v) is 12.7. The largest absolute Gasteiger partial charge is 0.507 e. The summed E-state index contributed by atoms with van der Waals surface area (Å²) in [6, 6.07) is 15.3. The summed E-state index contributed by atoms with van der Waals surface area (Å²) in [6.07, 6.45) is 5.45. The van der Waals surface area contributed by atoms with E-state index in [0.29, 0.717) is 19.3 Å². The summed E-state index contributed by atoms with van der Waals surface area (Å²) >= 11 is 1.52. The van der Waals surface area contributed by atoms with Gasteiger partial charge >= 0.3 is 7.12 Å². The summed E-state index contributed by atoms with van der Waals surface area (Å²) in [4.78, 5) is 29.5. The molecule has 0 saturated carbocycles. The van der Waals surface area contributed by atoms with Crippen LogP contribution in [0.2, 0.25) is 6.32 Å². The second-order valence-electron chi connectivity index (χ2n) is 11.6. The molecule has 9 heteroatoms. The standard InChI is InChI=1S/C33H36BNO6S/c1-2-6-20(15-21-11-12-28(37)25-9-4-3-8-24(21)25)10-13-29-30-22(19-36)16-26-31(27(30)17-34(40)41-29)33(39)35(32(26)38)18-23-7-5-14-42-23/h3-5,7-9,11-12,14-15,26-27,29,31,36-37,40H,2,6,10,13,16-19H2,1H3/b20-15+/t26-,27+,29-,31-/m1/s1. The normalized spacial score (nSPS) is 24.5. The number of carbonyl (C=O) groups excluding carboxylic acids is 2. The number of thiophene rings is 1. The first-order valence-corrected chi connectivity index (χ1v) is 15.7. The van der Waals surface area contributed by atoms with Crippen molar-refractivity contribution in [2.24, 2.45) is 17.8 Å². The van der Waals surface area contributed by atoms with Crippen LogP contribution < -0.4 is 0 Å². The van der Waals surface area contributed by atoms with Gasteiger partial charge in [0.25, 0.3) is 0 Å². The van der Waals surface area contributed by atoms with E-state index in [2.05, 4.69) is 13.0 Å². The lowest BCUT2D eigenvalue weighted by Gasteiger charge is -2.43. The molecule has 1 aromatic heterocycles. The zero-order chi connectivity index (χ0) is 29.4. The van der Waals surface area contributed by atoms with Crippen LogP contribution in [0.4, 0.5) is 0 Å². The smallest absolute Gasteiger partial charge is 0.455 e. The number of likely N-dealkylation sites (tertiary alicyclic amines) is 1. The number of aliphatic hydroxyl groups is 1. The van der Waals surface area contributed by atoms with E-state index in [0.717, 1.165) is 45.2 Å². The van der Waals surface area contributed by atoms with E-state index in [4.69, 9.17) is 4.65 Å². The number of carbonyl (C=O) groups is 2. The number of phenols is 1. The zero-order valence-corrected chi connectivity index (χ0v) is 24.6. The molecular formula is C33H36BNO6S. The first-order chi connectivity index (χ1) is 20.4. The zero-order valence-electron chi connectivity index (χ0n) is 23.7. The van der Waals surface area contributed by atoms with Gasteiger partial charge in [0.15, 0.2) is 0 Å². The van der Waals surface area contributed by atoms with Gasteiger partial charge in [-0.15, -0.1) is 11.3 Å². The molecule has 2 saturated heterocycles. The van der Waals surface area contributed by atoms with E-state index < -0.39 is 25.1 Å². The Morgan fingerprint density at radius 2 is 1.88 bits per heavy atom. The lowest BCUT2D eigenvalue weighted by Crippen LogP contribution is -2.46. The molecule has 2 aromatic carbocycles. The molecule has 42 heavy (non-hydrogen) atoms. The number of amides is 2. The maximum Gasteiger partial charge on any atom is 0.455 e. The van der Waals surface area contributed by atoms with E-state index in [1.165, 1.54) is 21.8 Å². The molecule has 0 spiro atoms. The Labute approximate surface area is 250 Å². The molecule has 3 heterocycles. The molecule has 0 bridgehead atoms. The van der Waals surface area contributed by atoms with Crippen LogP contribution in [0.3, 0.4) is 0 Å². The summed E-state index contributed by atoms with van der Waals surface area (Å²) in [7, 11) is -1.05. The molecule has 2 fully saturated rings. The first-order valence-electron chi connectivity index (χ1n) is 14.8. The Morgan fingerprint density at radius 3 is 2.62 bits per heavy atom. The molecule has 218 valence electrons. The average molecular weight is 586 g/mol. The third kappa shape index (κ3) is 5.35. The minimum Gasteiger partial charge on any atom is -0.507 e. The number of rotatable bonds is 9. The highest BCUT2D eigenvalue weighted by Gasteiger charge is 2.57. The average Bonchev–Trinajstić information content (AvgIpc) is 3.59. The monoisotopic (exact) mass is 585 g/mol. The van der Waals surface area contributed by atoms with Crippen LogP contribution in [0.15, 0.2) is 70.6 Å². The van der Waals surface area contributed by atoms with Gasteiger partial charge in [0.1, 0.15) is 5.75 Å². The van der Waals surface area contributed by atoms with Crippen molar-refractivity contribution < 1.29 is 29.5 Å². The maximum absolute atomic E-state index is 13.7. The van der Waals surface area contributed by atoms with Crippen LogP contribution in [-0.2, 0) is 20.8 Å². The van der Waals surface area contributed by atoms with Gasteiger partial charge in [-0.25, -0.2) is 0 Å². The molecule has 7 nitrogen and oxygen atoms in total. The minimum absolute atomic E-state index is 0.184. The van der Waals surface area contributed by atoms with Gasteiger partial charge in [0.2, 0.25) is 11.8 Å². The fourth-order valence-electron chi connectivity index (χ4n) is 7.25. The molecule has 3 N–H and O–H groups in total. The van der Waals surface area contributed by atoms with Gasteiger partial charge < -0.3 is 19.9 Å². The molecular weight excluding hydrogens is 549 g/mol. The van der Waals surface area contributed by atoms with Gasteiger partial charge in [0, 0.05) is 10.3 Å². The minimum atomic E-state index is -1.05. The lowest BCUT2D eigenvalue weighted by atomic mass is 9.58. The van der Waals surface area contributed by atoms with Gasteiger partial charge in [0.05, 0.1) is 31.1 Å².